The van der Waals surface area contributed by atoms with Crippen LogP contribution in [-0.4, -0.2) is 79.2 Å². The monoisotopic (exact) mass is 293 g/mol. The number of morpholine rings is 1. The van der Waals surface area contributed by atoms with Crippen LogP contribution in [-0.2, 0) is 4.74 Å². The minimum atomic E-state index is -0.0301. The Bertz CT molecular complexity index is 443. The summed E-state index contributed by atoms with van der Waals surface area (Å²) in [6.07, 6.45) is 4.18. The van der Waals surface area contributed by atoms with Crippen molar-refractivity contribution in [2.24, 2.45) is 0 Å². The summed E-state index contributed by atoms with van der Waals surface area (Å²) in [6.45, 7) is 4.28. The van der Waals surface area contributed by atoms with Gasteiger partial charge in [-0.3, -0.25) is 4.79 Å². The van der Waals surface area contributed by atoms with Crippen LogP contribution >= 0.6 is 0 Å². The molecule has 21 heavy (non-hydrogen) atoms. The number of aromatic nitrogens is 2. The molecular formula is C14H23N5O2. The van der Waals surface area contributed by atoms with E-state index >= 15 is 0 Å². The predicted octanol–water partition coefficient (Wildman–Crippen LogP) is 0.313. The molecule has 0 spiro atoms. The molecule has 0 aromatic carbocycles. The molecule has 1 aromatic rings. The molecule has 0 atom stereocenters. The molecule has 1 aliphatic heterocycles. The summed E-state index contributed by atoms with van der Waals surface area (Å²) < 4.78 is 5.24. The fourth-order valence-corrected chi connectivity index (χ4v) is 2.07. The van der Waals surface area contributed by atoms with E-state index in [1.165, 1.54) is 0 Å². The van der Waals surface area contributed by atoms with Gasteiger partial charge in [0.2, 0.25) is 5.95 Å². The lowest BCUT2D eigenvalue weighted by Gasteiger charge is -2.26. The van der Waals surface area contributed by atoms with Gasteiger partial charge in [0, 0.05) is 32.0 Å². The second kappa shape index (κ2) is 7.90. The number of hydrogen-bond donors (Lipinski definition) is 1. The van der Waals surface area contributed by atoms with E-state index in [2.05, 4.69) is 20.2 Å². The number of hydrogen-bond acceptors (Lipinski definition) is 6. The standard InChI is InChI=1S/C14H23N5O2/c1-18(2)5-3-4-15-14-16-10-12(11-17-14)13(20)19-6-8-21-9-7-19/h10-11H,3-9H2,1-2H3,(H,15,16,17). The van der Waals surface area contributed by atoms with Crippen molar-refractivity contribution in [1.29, 1.82) is 0 Å². The van der Waals surface area contributed by atoms with Gasteiger partial charge in [0.15, 0.2) is 0 Å². The topological polar surface area (TPSA) is 70.6 Å². The highest BCUT2D eigenvalue weighted by molar-refractivity contribution is 5.93. The van der Waals surface area contributed by atoms with Crippen molar-refractivity contribution in [2.45, 2.75) is 6.42 Å². The number of nitrogens with zero attached hydrogens (tertiary/aromatic N) is 4. The molecule has 0 radical (unpaired) electrons. The van der Waals surface area contributed by atoms with Crippen LogP contribution in [0.5, 0.6) is 0 Å². The largest absolute Gasteiger partial charge is 0.378 e. The minimum absolute atomic E-state index is 0.0301. The van der Waals surface area contributed by atoms with E-state index in [-0.39, 0.29) is 5.91 Å². The smallest absolute Gasteiger partial charge is 0.257 e. The van der Waals surface area contributed by atoms with Crippen molar-refractivity contribution in [3.05, 3.63) is 18.0 Å². The fraction of sp³-hybridized carbons (Fsp3) is 0.643. The number of carbonyl (C=O) groups excluding carboxylic acids is 1. The summed E-state index contributed by atoms with van der Waals surface area (Å²) in [6, 6.07) is 0. The molecule has 116 valence electrons. The van der Waals surface area contributed by atoms with E-state index in [1.54, 1.807) is 17.3 Å². The Labute approximate surface area is 125 Å². The van der Waals surface area contributed by atoms with E-state index in [0.29, 0.717) is 37.8 Å². The molecule has 1 N–H and O–H groups in total. The average molecular weight is 293 g/mol. The predicted molar refractivity (Wildman–Crippen MR) is 80.4 cm³/mol. The van der Waals surface area contributed by atoms with Gasteiger partial charge in [-0.2, -0.15) is 0 Å². The van der Waals surface area contributed by atoms with Crippen molar-refractivity contribution in [2.75, 3.05) is 58.8 Å². The second-order valence-corrected chi connectivity index (χ2v) is 5.28. The second-order valence-electron chi connectivity index (χ2n) is 5.28. The Morgan fingerprint density at radius 2 is 2.00 bits per heavy atom. The zero-order chi connectivity index (χ0) is 15.1. The molecule has 0 unspecified atom stereocenters. The van der Waals surface area contributed by atoms with Gasteiger partial charge < -0.3 is 19.9 Å². The lowest BCUT2D eigenvalue weighted by molar-refractivity contribution is 0.0302. The summed E-state index contributed by atoms with van der Waals surface area (Å²) in [5.41, 5.74) is 0.524. The van der Waals surface area contributed by atoms with Crippen LogP contribution in [0.4, 0.5) is 5.95 Å². The van der Waals surface area contributed by atoms with Gasteiger partial charge in [0.25, 0.3) is 5.91 Å². The van der Waals surface area contributed by atoms with E-state index < -0.39 is 0 Å². The molecule has 1 fully saturated rings. The third kappa shape index (κ3) is 4.95. The number of amides is 1. The van der Waals surface area contributed by atoms with Gasteiger partial charge in [-0.05, 0) is 27.1 Å². The zero-order valence-corrected chi connectivity index (χ0v) is 12.7. The molecule has 1 aromatic heterocycles. The third-order valence-electron chi connectivity index (χ3n) is 3.26. The van der Waals surface area contributed by atoms with E-state index in [4.69, 9.17) is 4.74 Å². The molecule has 2 heterocycles. The summed E-state index contributed by atoms with van der Waals surface area (Å²) in [7, 11) is 4.09. The summed E-state index contributed by atoms with van der Waals surface area (Å²) in [5.74, 6) is 0.532. The van der Waals surface area contributed by atoms with Gasteiger partial charge in [0.1, 0.15) is 0 Å². The van der Waals surface area contributed by atoms with Crippen LogP contribution in [0.3, 0.4) is 0 Å². The summed E-state index contributed by atoms with van der Waals surface area (Å²) in [5, 5.41) is 3.15. The number of nitrogens with one attached hydrogen (secondary N) is 1. The molecule has 7 heteroatoms. The quantitative estimate of drug-likeness (QED) is 0.761. The van der Waals surface area contributed by atoms with Crippen LogP contribution in [0.1, 0.15) is 16.8 Å². The lowest BCUT2D eigenvalue weighted by atomic mass is 10.3. The molecule has 0 aliphatic carbocycles. The van der Waals surface area contributed by atoms with Crippen molar-refractivity contribution in [3.8, 4) is 0 Å². The van der Waals surface area contributed by atoms with Gasteiger partial charge in [-0.25, -0.2) is 9.97 Å². The maximum absolute atomic E-state index is 12.2. The van der Waals surface area contributed by atoms with Crippen LogP contribution in [0, 0.1) is 0 Å². The first kappa shape index (κ1) is 15.7. The maximum Gasteiger partial charge on any atom is 0.257 e. The number of carbonyl (C=O) groups is 1. The highest BCUT2D eigenvalue weighted by Gasteiger charge is 2.18. The van der Waals surface area contributed by atoms with E-state index in [0.717, 1.165) is 19.5 Å². The Hall–Kier alpha value is -1.73. The molecule has 1 aliphatic rings. The van der Waals surface area contributed by atoms with Crippen LogP contribution in [0.2, 0.25) is 0 Å². The first-order valence-corrected chi connectivity index (χ1v) is 7.24. The molecular weight excluding hydrogens is 270 g/mol. The summed E-state index contributed by atoms with van der Waals surface area (Å²) in [4.78, 5) is 24.5. The van der Waals surface area contributed by atoms with Gasteiger partial charge >= 0.3 is 0 Å². The minimum Gasteiger partial charge on any atom is -0.378 e. The Morgan fingerprint density at radius 1 is 1.33 bits per heavy atom. The van der Waals surface area contributed by atoms with Crippen LogP contribution < -0.4 is 5.32 Å². The van der Waals surface area contributed by atoms with E-state index in [1.807, 2.05) is 14.1 Å². The number of ether oxygens (including phenoxy) is 1. The normalized spacial score (nSPS) is 15.3. The van der Waals surface area contributed by atoms with Crippen molar-refractivity contribution >= 4 is 11.9 Å². The maximum atomic E-state index is 12.2. The highest BCUT2D eigenvalue weighted by Crippen LogP contribution is 2.07. The fourth-order valence-electron chi connectivity index (χ4n) is 2.07. The Balaban J connectivity index is 1.82. The molecule has 7 nitrogen and oxygen atoms in total. The van der Waals surface area contributed by atoms with Crippen molar-refractivity contribution in [1.82, 2.24) is 19.8 Å². The average Bonchev–Trinajstić information content (AvgIpc) is 2.52. The molecule has 1 amide bonds. The van der Waals surface area contributed by atoms with Crippen LogP contribution in [0.25, 0.3) is 0 Å². The SMILES string of the molecule is CN(C)CCCNc1ncc(C(=O)N2CCOCC2)cn1. The number of rotatable bonds is 6. The molecule has 1 saturated heterocycles. The first-order chi connectivity index (χ1) is 10.2. The van der Waals surface area contributed by atoms with Gasteiger partial charge in [0.05, 0.1) is 18.8 Å². The van der Waals surface area contributed by atoms with Gasteiger partial charge in [-0.1, -0.05) is 0 Å². The Kier molecular flexibility index (Phi) is 5.89. The molecule has 0 saturated carbocycles. The Morgan fingerprint density at radius 3 is 2.62 bits per heavy atom. The summed E-state index contributed by atoms with van der Waals surface area (Å²) >= 11 is 0. The van der Waals surface area contributed by atoms with Gasteiger partial charge in [-0.15, -0.1) is 0 Å². The van der Waals surface area contributed by atoms with E-state index in [9.17, 15) is 4.79 Å². The van der Waals surface area contributed by atoms with Crippen molar-refractivity contribution < 1.29 is 9.53 Å². The molecule has 2 rings (SSSR count). The van der Waals surface area contributed by atoms with Crippen LogP contribution in [0.15, 0.2) is 12.4 Å². The van der Waals surface area contributed by atoms with Crippen molar-refractivity contribution in [3.63, 3.8) is 0 Å². The highest BCUT2D eigenvalue weighted by atomic mass is 16.5. The lowest BCUT2D eigenvalue weighted by Crippen LogP contribution is -2.40. The number of anilines is 1. The first-order valence-electron chi connectivity index (χ1n) is 7.24. The zero-order valence-electron chi connectivity index (χ0n) is 12.7. The molecule has 0 bridgehead atoms. The third-order valence-corrected chi connectivity index (χ3v) is 3.26.